The molecule has 0 aliphatic carbocycles. The van der Waals surface area contributed by atoms with Crippen LogP contribution in [0.4, 0.5) is 0 Å². The van der Waals surface area contributed by atoms with Gasteiger partial charge in [0.05, 0.1) is 0 Å². The van der Waals surface area contributed by atoms with Crippen molar-refractivity contribution >= 4 is 5.78 Å². The van der Waals surface area contributed by atoms with E-state index in [4.69, 9.17) is 0 Å². The molecular formula is C12H14O. The van der Waals surface area contributed by atoms with Crippen LogP contribution in [0.5, 0.6) is 0 Å². The van der Waals surface area contributed by atoms with Gasteiger partial charge in [-0.2, -0.15) is 0 Å². The third-order valence-corrected chi connectivity index (χ3v) is 2.03. The number of hydrogen-bond donors (Lipinski definition) is 0. The molecule has 0 bridgehead atoms. The Labute approximate surface area is 79.1 Å². The summed E-state index contributed by atoms with van der Waals surface area (Å²) in [4.78, 5) is 11.6. The highest BCUT2D eigenvalue weighted by Gasteiger charge is 2.04. The Bertz CT molecular complexity index is 309. The molecule has 1 rings (SSSR count). The summed E-state index contributed by atoms with van der Waals surface area (Å²) in [5.41, 5.74) is 1.91. The largest absolute Gasteiger partial charge is 0.294 e. The average Bonchev–Trinajstić information content (AvgIpc) is 2.19. The zero-order chi connectivity index (χ0) is 9.68. The van der Waals surface area contributed by atoms with Crippen LogP contribution in [-0.4, -0.2) is 5.78 Å². The first-order valence-corrected chi connectivity index (χ1v) is 4.44. The van der Waals surface area contributed by atoms with Gasteiger partial charge in [-0.3, -0.25) is 4.79 Å². The number of benzene rings is 1. The molecule has 0 atom stereocenters. The predicted octanol–water partition coefficient (Wildman–Crippen LogP) is 3.23. The van der Waals surface area contributed by atoms with E-state index in [9.17, 15) is 4.79 Å². The molecule has 0 saturated heterocycles. The van der Waals surface area contributed by atoms with Crippen molar-refractivity contribution in [1.82, 2.24) is 0 Å². The Morgan fingerprint density at radius 3 is 2.46 bits per heavy atom. The fourth-order valence-electron chi connectivity index (χ4n) is 1.08. The van der Waals surface area contributed by atoms with E-state index >= 15 is 0 Å². The first-order chi connectivity index (χ1) is 6.24. The fourth-order valence-corrected chi connectivity index (χ4v) is 1.08. The standard InChI is InChI=1S/C12H14O/c1-3-10(2)9-12(13)11-7-5-4-6-8-11/h3-8H,9H2,1-2H3/b10-3-. The van der Waals surface area contributed by atoms with Gasteiger partial charge < -0.3 is 0 Å². The number of allylic oxidation sites excluding steroid dienone is 2. The SMILES string of the molecule is C/C=C(/C)CC(=O)c1ccccc1. The molecule has 0 heterocycles. The molecular weight excluding hydrogens is 160 g/mol. The first-order valence-electron chi connectivity index (χ1n) is 4.44. The Hall–Kier alpha value is -1.37. The number of rotatable bonds is 3. The van der Waals surface area contributed by atoms with E-state index in [1.807, 2.05) is 50.3 Å². The number of Topliss-reactive ketones (excluding diaryl/α,β-unsaturated/α-hetero) is 1. The summed E-state index contributed by atoms with van der Waals surface area (Å²) in [5.74, 6) is 0.191. The van der Waals surface area contributed by atoms with Gasteiger partial charge >= 0.3 is 0 Å². The lowest BCUT2D eigenvalue weighted by atomic mass is 10.0. The molecule has 0 fully saturated rings. The molecule has 68 valence electrons. The fraction of sp³-hybridized carbons (Fsp3) is 0.250. The van der Waals surface area contributed by atoms with Crippen molar-refractivity contribution in [3.63, 3.8) is 0 Å². The Morgan fingerprint density at radius 1 is 1.31 bits per heavy atom. The lowest BCUT2D eigenvalue weighted by Gasteiger charge is -1.99. The summed E-state index contributed by atoms with van der Waals surface area (Å²) in [5, 5.41) is 0. The highest BCUT2D eigenvalue weighted by atomic mass is 16.1. The van der Waals surface area contributed by atoms with Crippen LogP contribution in [0.15, 0.2) is 42.0 Å². The molecule has 1 aromatic rings. The van der Waals surface area contributed by atoms with E-state index < -0.39 is 0 Å². The van der Waals surface area contributed by atoms with E-state index in [0.717, 1.165) is 11.1 Å². The third-order valence-electron chi connectivity index (χ3n) is 2.03. The molecule has 0 saturated carbocycles. The third kappa shape index (κ3) is 2.86. The minimum atomic E-state index is 0.191. The second-order valence-electron chi connectivity index (χ2n) is 3.10. The maximum atomic E-state index is 11.6. The lowest BCUT2D eigenvalue weighted by Crippen LogP contribution is -1.98. The van der Waals surface area contributed by atoms with Crippen molar-refractivity contribution in [2.24, 2.45) is 0 Å². The highest BCUT2D eigenvalue weighted by molar-refractivity contribution is 5.97. The van der Waals surface area contributed by atoms with Crippen LogP contribution < -0.4 is 0 Å². The van der Waals surface area contributed by atoms with Crippen molar-refractivity contribution in [2.75, 3.05) is 0 Å². The molecule has 1 heteroatoms. The van der Waals surface area contributed by atoms with Crippen molar-refractivity contribution < 1.29 is 4.79 Å². The smallest absolute Gasteiger partial charge is 0.166 e. The van der Waals surface area contributed by atoms with Crippen molar-refractivity contribution in [1.29, 1.82) is 0 Å². The van der Waals surface area contributed by atoms with Gasteiger partial charge in [0.2, 0.25) is 0 Å². The normalized spacial score (nSPS) is 11.4. The van der Waals surface area contributed by atoms with Crippen molar-refractivity contribution in [2.45, 2.75) is 20.3 Å². The van der Waals surface area contributed by atoms with Gasteiger partial charge in [-0.25, -0.2) is 0 Å². The van der Waals surface area contributed by atoms with Gasteiger partial charge in [0.15, 0.2) is 5.78 Å². The molecule has 0 amide bonds. The minimum absolute atomic E-state index is 0.191. The monoisotopic (exact) mass is 174 g/mol. The van der Waals surface area contributed by atoms with Gasteiger partial charge in [-0.1, -0.05) is 42.0 Å². The lowest BCUT2D eigenvalue weighted by molar-refractivity contribution is 0.0993. The first kappa shape index (κ1) is 9.72. The van der Waals surface area contributed by atoms with E-state index in [2.05, 4.69) is 0 Å². The van der Waals surface area contributed by atoms with Gasteiger partial charge in [0.1, 0.15) is 0 Å². The van der Waals surface area contributed by atoms with E-state index in [-0.39, 0.29) is 5.78 Å². The summed E-state index contributed by atoms with van der Waals surface area (Å²) in [6.45, 7) is 3.93. The van der Waals surface area contributed by atoms with Crippen LogP contribution in [0.25, 0.3) is 0 Å². The summed E-state index contributed by atoms with van der Waals surface area (Å²) in [7, 11) is 0. The molecule has 0 aliphatic rings. The van der Waals surface area contributed by atoms with Crippen LogP contribution >= 0.6 is 0 Å². The van der Waals surface area contributed by atoms with Crippen LogP contribution in [-0.2, 0) is 0 Å². The van der Waals surface area contributed by atoms with Gasteiger partial charge in [0.25, 0.3) is 0 Å². The molecule has 0 unspecified atom stereocenters. The van der Waals surface area contributed by atoms with E-state index in [1.54, 1.807) is 0 Å². The maximum absolute atomic E-state index is 11.6. The van der Waals surface area contributed by atoms with Gasteiger partial charge in [-0.15, -0.1) is 0 Å². The van der Waals surface area contributed by atoms with E-state index in [0.29, 0.717) is 6.42 Å². The number of carbonyl (C=O) groups is 1. The van der Waals surface area contributed by atoms with Crippen molar-refractivity contribution in [3.05, 3.63) is 47.5 Å². The number of ketones is 1. The molecule has 0 N–H and O–H groups in total. The second-order valence-corrected chi connectivity index (χ2v) is 3.10. The quantitative estimate of drug-likeness (QED) is 0.508. The molecule has 0 radical (unpaired) electrons. The van der Waals surface area contributed by atoms with Crippen molar-refractivity contribution in [3.8, 4) is 0 Å². The molecule has 1 aromatic carbocycles. The number of carbonyl (C=O) groups excluding carboxylic acids is 1. The zero-order valence-electron chi connectivity index (χ0n) is 8.08. The summed E-state index contributed by atoms with van der Waals surface area (Å²) >= 11 is 0. The zero-order valence-corrected chi connectivity index (χ0v) is 8.08. The molecule has 1 nitrogen and oxygen atoms in total. The Balaban J connectivity index is 2.70. The molecule has 0 spiro atoms. The number of hydrogen-bond acceptors (Lipinski definition) is 1. The van der Waals surface area contributed by atoms with Crippen LogP contribution in [0.2, 0.25) is 0 Å². The van der Waals surface area contributed by atoms with Crippen LogP contribution in [0.3, 0.4) is 0 Å². The van der Waals surface area contributed by atoms with Gasteiger partial charge in [0, 0.05) is 12.0 Å². The minimum Gasteiger partial charge on any atom is -0.294 e. The molecule has 0 aromatic heterocycles. The average molecular weight is 174 g/mol. The topological polar surface area (TPSA) is 17.1 Å². The highest BCUT2D eigenvalue weighted by Crippen LogP contribution is 2.08. The van der Waals surface area contributed by atoms with Crippen LogP contribution in [0.1, 0.15) is 30.6 Å². The summed E-state index contributed by atoms with van der Waals surface area (Å²) < 4.78 is 0. The Kier molecular flexibility index (Phi) is 3.44. The summed E-state index contributed by atoms with van der Waals surface area (Å²) in [6.07, 6.45) is 2.50. The second kappa shape index (κ2) is 4.61. The maximum Gasteiger partial charge on any atom is 0.166 e. The molecule has 13 heavy (non-hydrogen) atoms. The van der Waals surface area contributed by atoms with Crippen LogP contribution in [0, 0.1) is 0 Å². The van der Waals surface area contributed by atoms with Gasteiger partial charge in [-0.05, 0) is 13.8 Å². The predicted molar refractivity (Wildman–Crippen MR) is 54.8 cm³/mol. The summed E-state index contributed by atoms with van der Waals surface area (Å²) in [6, 6.07) is 9.40. The van der Waals surface area contributed by atoms with E-state index in [1.165, 1.54) is 0 Å². The molecule has 0 aliphatic heterocycles. The Morgan fingerprint density at radius 2 is 1.92 bits per heavy atom.